The Labute approximate surface area is 97.7 Å². The lowest BCUT2D eigenvalue weighted by Crippen LogP contribution is -2.05. The van der Waals surface area contributed by atoms with Crippen LogP contribution in [0.4, 0.5) is 5.69 Å². The fourth-order valence-electron chi connectivity index (χ4n) is 1.28. The van der Waals surface area contributed by atoms with Crippen LogP contribution in [0.25, 0.3) is 0 Å². The molecular weight excluding hydrogens is 228 g/mol. The second-order valence-electron chi connectivity index (χ2n) is 3.37. The highest BCUT2D eigenvalue weighted by atomic mass is 35.5. The molecule has 0 radical (unpaired) electrons. The average molecular weight is 239 g/mol. The minimum Gasteiger partial charge on any atom is -0.506 e. The molecular formula is C10H11ClN4O. The zero-order valence-electron chi connectivity index (χ0n) is 8.68. The smallest absolute Gasteiger partial charge is 0.134 e. The van der Waals surface area contributed by atoms with Crippen LogP contribution in [0, 0.1) is 0 Å². The molecule has 0 unspecified atom stereocenters. The van der Waals surface area contributed by atoms with E-state index in [2.05, 4.69) is 15.6 Å². The standard InChI is InChI=1S/C10H11ClN4O/c1-15-8(6-13-14-15)5-12-7-2-3-10(16)9(11)4-7/h2-4,6,12,16H,5H2,1H3. The van der Waals surface area contributed by atoms with Crippen LogP contribution in [0.3, 0.4) is 0 Å². The van der Waals surface area contributed by atoms with Crippen molar-refractivity contribution in [3.05, 3.63) is 35.1 Å². The summed E-state index contributed by atoms with van der Waals surface area (Å²) in [7, 11) is 1.83. The number of anilines is 1. The highest BCUT2D eigenvalue weighted by molar-refractivity contribution is 6.32. The summed E-state index contributed by atoms with van der Waals surface area (Å²) in [5.41, 5.74) is 1.80. The van der Waals surface area contributed by atoms with E-state index in [4.69, 9.17) is 11.6 Å². The summed E-state index contributed by atoms with van der Waals surface area (Å²) < 4.78 is 1.69. The predicted molar refractivity (Wildman–Crippen MR) is 61.4 cm³/mol. The third kappa shape index (κ3) is 2.25. The Balaban J connectivity index is 2.05. The molecule has 0 bridgehead atoms. The number of phenolic OH excluding ortho intramolecular Hbond substituents is 1. The molecule has 0 spiro atoms. The Morgan fingerprint density at radius 3 is 2.94 bits per heavy atom. The lowest BCUT2D eigenvalue weighted by molar-refractivity contribution is 0.475. The number of phenols is 1. The molecule has 0 saturated carbocycles. The van der Waals surface area contributed by atoms with E-state index in [0.29, 0.717) is 11.6 Å². The minimum atomic E-state index is 0.0782. The summed E-state index contributed by atoms with van der Waals surface area (Å²) in [6, 6.07) is 4.97. The van der Waals surface area contributed by atoms with Crippen LogP contribution in [0.5, 0.6) is 5.75 Å². The Kier molecular flexibility index (Phi) is 2.96. The van der Waals surface area contributed by atoms with Crippen molar-refractivity contribution in [2.75, 3.05) is 5.32 Å². The van der Waals surface area contributed by atoms with Gasteiger partial charge in [-0.3, -0.25) is 4.68 Å². The van der Waals surface area contributed by atoms with Crippen molar-refractivity contribution < 1.29 is 5.11 Å². The van der Waals surface area contributed by atoms with E-state index in [1.54, 1.807) is 29.1 Å². The molecule has 0 fully saturated rings. The molecule has 0 atom stereocenters. The maximum atomic E-state index is 9.26. The lowest BCUT2D eigenvalue weighted by atomic mass is 10.3. The van der Waals surface area contributed by atoms with Crippen molar-refractivity contribution in [3.63, 3.8) is 0 Å². The second-order valence-corrected chi connectivity index (χ2v) is 3.78. The van der Waals surface area contributed by atoms with Gasteiger partial charge in [0.25, 0.3) is 0 Å². The highest BCUT2D eigenvalue weighted by Gasteiger charge is 2.02. The lowest BCUT2D eigenvalue weighted by Gasteiger charge is -2.06. The maximum absolute atomic E-state index is 9.26. The van der Waals surface area contributed by atoms with Crippen molar-refractivity contribution >= 4 is 17.3 Å². The SMILES string of the molecule is Cn1nncc1CNc1ccc(O)c(Cl)c1. The van der Waals surface area contributed by atoms with E-state index in [0.717, 1.165) is 11.4 Å². The minimum absolute atomic E-state index is 0.0782. The fraction of sp³-hybridized carbons (Fsp3) is 0.200. The molecule has 1 heterocycles. The Morgan fingerprint density at radius 1 is 1.50 bits per heavy atom. The van der Waals surface area contributed by atoms with E-state index >= 15 is 0 Å². The summed E-state index contributed by atoms with van der Waals surface area (Å²) in [5, 5.41) is 20.3. The van der Waals surface area contributed by atoms with Gasteiger partial charge in [-0.05, 0) is 18.2 Å². The number of aryl methyl sites for hydroxylation is 1. The molecule has 2 aromatic rings. The topological polar surface area (TPSA) is 63.0 Å². The summed E-state index contributed by atoms with van der Waals surface area (Å²) in [6.07, 6.45) is 1.69. The number of rotatable bonds is 3. The van der Waals surface area contributed by atoms with Crippen LogP contribution in [0.2, 0.25) is 5.02 Å². The first-order valence-electron chi connectivity index (χ1n) is 4.73. The van der Waals surface area contributed by atoms with Crippen LogP contribution < -0.4 is 5.32 Å². The number of nitrogens with zero attached hydrogens (tertiary/aromatic N) is 3. The van der Waals surface area contributed by atoms with Crippen LogP contribution in [-0.4, -0.2) is 20.1 Å². The Morgan fingerprint density at radius 2 is 2.31 bits per heavy atom. The van der Waals surface area contributed by atoms with E-state index in [1.807, 2.05) is 7.05 Å². The van der Waals surface area contributed by atoms with Gasteiger partial charge in [-0.1, -0.05) is 16.8 Å². The number of aromatic hydroxyl groups is 1. The van der Waals surface area contributed by atoms with Gasteiger partial charge in [0.2, 0.25) is 0 Å². The third-order valence-electron chi connectivity index (χ3n) is 2.23. The summed E-state index contributed by atoms with van der Waals surface area (Å²) in [6.45, 7) is 0.602. The van der Waals surface area contributed by atoms with Crippen molar-refractivity contribution in [2.24, 2.45) is 7.05 Å². The van der Waals surface area contributed by atoms with Crippen LogP contribution in [0.15, 0.2) is 24.4 Å². The van der Waals surface area contributed by atoms with E-state index in [-0.39, 0.29) is 5.75 Å². The Hall–Kier alpha value is -1.75. The maximum Gasteiger partial charge on any atom is 0.134 e. The van der Waals surface area contributed by atoms with Gasteiger partial charge < -0.3 is 10.4 Å². The highest BCUT2D eigenvalue weighted by Crippen LogP contribution is 2.26. The number of benzene rings is 1. The first-order chi connectivity index (χ1) is 7.66. The second kappa shape index (κ2) is 4.40. The Bertz CT molecular complexity index is 497. The number of hydrogen-bond donors (Lipinski definition) is 2. The van der Waals surface area contributed by atoms with Crippen molar-refractivity contribution in [2.45, 2.75) is 6.54 Å². The van der Waals surface area contributed by atoms with E-state index < -0.39 is 0 Å². The van der Waals surface area contributed by atoms with Gasteiger partial charge in [0.15, 0.2) is 0 Å². The van der Waals surface area contributed by atoms with Crippen molar-refractivity contribution in [3.8, 4) is 5.75 Å². The third-order valence-corrected chi connectivity index (χ3v) is 2.53. The summed E-state index contributed by atoms with van der Waals surface area (Å²) in [5.74, 6) is 0.0782. The van der Waals surface area contributed by atoms with Crippen molar-refractivity contribution in [1.29, 1.82) is 0 Å². The largest absolute Gasteiger partial charge is 0.506 e. The van der Waals surface area contributed by atoms with Gasteiger partial charge in [-0.2, -0.15) is 0 Å². The average Bonchev–Trinajstić information content (AvgIpc) is 2.66. The number of nitrogens with one attached hydrogen (secondary N) is 1. The molecule has 2 N–H and O–H groups in total. The van der Waals surface area contributed by atoms with Gasteiger partial charge in [0, 0.05) is 12.7 Å². The van der Waals surface area contributed by atoms with Gasteiger partial charge in [0.05, 0.1) is 23.5 Å². The summed E-state index contributed by atoms with van der Waals surface area (Å²) >= 11 is 5.79. The first kappa shape index (κ1) is 10.8. The molecule has 16 heavy (non-hydrogen) atoms. The number of hydrogen-bond acceptors (Lipinski definition) is 4. The van der Waals surface area contributed by atoms with Gasteiger partial charge in [0.1, 0.15) is 5.75 Å². The normalized spacial score (nSPS) is 10.4. The number of halogens is 1. The molecule has 0 aliphatic carbocycles. The quantitative estimate of drug-likeness (QED) is 0.801. The fourth-order valence-corrected chi connectivity index (χ4v) is 1.46. The van der Waals surface area contributed by atoms with Gasteiger partial charge in [-0.15, -0.1) is 5.10 Å². The molecule has 0 aliphatic rings. The molecule has 1 aromatic heterocycles. The van der Waals surface area contributed by atoms with Crippen LogP contribution in [-0.2, 0) is 13.6 Å². The van der Waals surface area contributed by atoms with Gasteiger partial charge in [-0.25, -0.2) is 0 Å². The zero-order valence-corrected chi connectivity index (χ0v) is 9.44. The van der Waals surface area contributed by atoms with Gasteiger partial charge >= 0.3 is 0 Å². The monoisotopic (exact) mass is 238 g/mol. The molecule has 0 amide bonds. The molecule has 0 saturated heterocycles. The van der Waals surface area contributed by atoms with E-state index in [9.17, 15) is 5.11 Å². The molecule has 1 aromatic carbocycles. The molecule has 6 heteroatoms. The van der Waals surface area contributed by atoms with Crippen LogP contribution >= 0.6 is 11.6 Å². The number of aromatic nitrogens is 3. The zero-order chi connectivity index (χ0) is 11.5. The van der Waals surface area contributed by atoms with E-state index in [1.165, 1.54) is 0 Å². The molecule has 0 aliphatic heterocycles. The summed E-state index contributed by atoms with van der Waals surface area (Å²) in [4.78, 5) is 0. The predicted octanol–water partition coefficient (Wildman–Crippen LogP) is 1.79. The molecule has 2 rings (SSSR count). The molecule has 5 nitrogen and oxygen atoms in total. The van der Waals surface area contributed by atoms with Crippen molar-refractivity contribution in [1.82, 2.24) is 15.0 Å². The van der Waals surface area contributed by atoms with Crippen LogP contribution in [0.1, 0.15) is 5.69 Å². The first-order valence-corrected chi connectivity index (χ1v) is 5.10. The molecule has 84 valence electrons.